The summed E-state index contributed by atoms with van der Waals surface area (Å²) in [5.41, 5.74) is 2.98. The average molecular weight is 521 g/mol. The maximum Gasteiger partial charge on any atom is 0.234 e. The van der Waals surface area contributed by atoms with Gasteiger partial charge in [-0.2, -0.15) is 0 Å². The SMILES string of the molecule is Cc1cc(Br)c(NC(=O)CSc2nnc(C(C)Oc3ccccc3F)n2C(C)C)cc1C. The maximum atomic E-state index is 14.0. The molecule has 0 radical (unpaired) electrons. The Hall–Kier alpha value is -2.39. The second kappa shape index (κ2) is 10.5. The number of para-hydroxylation sites is 1. The highest BCUT2D eigenvalue weighted by atomic mass is 79.9. The number of thioether (sulfide) groups is 1. The zero-order valence-electron chi connectivity index (χ0n) is 18.6. The van der Waals surface area contributed by atoms with E-state index >= 15 is 0 Å². The highest BCUT2D eigenvalue weighted by Gasteiger charge is 2.23. The molecule has 1 amide bonds. The van der Waals surface area contributed by atoms with Gasteiger partial charge in [-0.3, -0.25) is 4.79 Å². The minimum absolute atomic E-state index is 0.0334. The molecule has 1 heterocycles. The lowest BCUT2D eigenvalue weighted by Crippen LogP contribution is -2.17. The van der Waals surface area contributed by atoms with Crippen molar-refractivity contribution >= 4 is 39.3 Å². The number of aromatic nitrogens is 3. The minimum Gasteiger partial charge on any atom is -0.480 e. The lowest BCUT2D eigenvalue weighted by atomic mass is 10.1. The molecule has 3 rings (SSSR count). The first-order valence-electron chi connectivity index (χ1n) is 10.2. The number of nitrogens with zero attached hydrogens (tertiary/aromatic N) is 3. The number of benzene rings is 2. The van der Waals surface area contributed by atoms with Crippen molar-refractivity contribution < 1.29 is 13.9 Å². The van der Waals surface area contributed by atoms with Gasteiger partial charge in [0, 0.05) is 10.5 Å². The molecule has 2 aromatic carbocycles. The van der Waals surface area contributed by atoms with E-state index in [-0.39, 0.29) is 23.5 Å². The number of nitrogens with one attached hydrogen (secondary N) is 1. The van der Waals surface area contributed by atoms with Gasteiger partial charge in [-0.05, 0) is 85.9 Å². The number of aryl methyl sites for hydroxylation is 2. The molecule has 6 nitrogen and oxygen atoms in total. The number of hydrogen-bond acceptors (Lipinski definition) is 5. The summed E-state index contributed by atoms with van der Waals surface area (Å²) in [4.78, 5) is 12.6. The number of ether oxygens (including phenoxy) is 1. The molecule has 1 atom stereocenters. The summed E-state index contributed by atoms with van der Waals surface area (Å²) in [6.07, 6.45) is -0.517. The number of amides is 1. The van der Waals surface area contributed by atoms with E-state index in [1.165, 1.54) is 17.8 Å². The van der Waals surface area contributed by atoms with E-state index in [0.717, 1.165) is 21.3 Å². The first-order chi connectivity index (χ1) is 15.2. The van der Waals surface area contributed by atoms with Gasteiger partial charge in [0.15, 0.2) is 28.7 Å². The molecule has 1 N–H and O–H groups in total. The van der Waals surface area contributed by atoms with Crippen LogP contribution in [0.25, 0.3) is 0 Å². The normalized spacial score (nSPS) is 12.1. The van der Waals surface area contributed by atoms with Crippen LogP contribution in [0.5, 0.6) is 5.75 Å². The lowest BCUT2D eigenvalue weighted by molar-refractivity contribution is -0.113. The average Bonchev–Trinajstić information content (AvgIpc) is 3.16. The minimum atomic E-state index is -0.517. The van der Waals surface area contributed by atoms with Gasteiger partial charge >= 0.3 is 0 Å². The summed E-state index contributed by atoms with van der Waals surface area (Å²) >= 11 is 4.80. The van der Waals surface area contributed by atoms with Crippen LogP contribution in [-0.2, 0) is 4.79 Å². The van der Waals surface area contributed by atoms with Crippen LogP contribution in [0.3, 0.4) is 0 Å². The standard InChI is InChI=1S/C23H26BrFN4O2S/c1-13(2)29-22(16(5)31-20-9-7-6-8-18(20)25)27-28-23(29)32-12-21(30)26-19-11-15(4)14(3)10-17(19)24/h6-11,13,16H,12H2,1-5H3,(H,26,30). The number of carbonyl (C=O) groups excluding carboxylic acids is 1. The van der Waals surface area contributed by atoms with Crippen LogP contribution in [0.1, 0.15) is 49.9 Å². The largest absolute Gasteiger partial charge is 0.480 e. The first kappa shape index (κ1) is 24.3. The fourth-order valence-electron chi connectivity index (χ4n) is 3.13. The zero-order valence-corrected chi connectivity index (χ0v) is 21.1. The Balaban J connectivity index is 1.71. The summed E-state index contributed by atoms with van der Waals surface area (Å²) < 4.78 is 22.5. The van der Waals surface area contributed by atoms with Crippen LogP contribution >= 0.6 is 27.7 Å². The molecule has 0 aliphatic heterocycles. The molecule has 1 unspecified atom stereocenters. The molecule has 9 heteroatoms. The van der Waals surface area contributed by atoms with E-state index in [1.54, 1.807) is 25.1 Å². The third kappa shape index (κ3) is 5.69. The summed E-state index contributed by atoms with van der Waals surface area (Å²) in [5, 5.41) is 12.1. The molecule has 32 heavy (non-hydrogen) atoms. The van der Waals surface area contributed by atoms with Gasteiger partial charge in [0.2, 0.25) is 5.91 Å². The van der Waals surface area contributed by atoms with E-state index in [1.807, 2.05) is 44.4 Å². The molecule has 0 saturated carbocycles. The van der Waals surface area contributed by atoms with Gasteiger partial charge in [-0.25, -0.2) is 4.39 Å². The molecule has 0 fully saturated rings. The Morgan fingerprint density at radius 1 is 1.19 bits per heavy atom. The molecule has 1 aromatic heterocycles. The van der Waals surface area contributed by atoms with E-state index in [9.17, 15) is 9.18 Å². The molecule has 0 aliphatic rings. The van der Waals surface area contributed by atoms with Gasteiger partial charge in [-0.1, -0.05) is 23.9 Å². The maximum absolute atomic E-state index is 14.0. The van der Waals surface area contributed by atoms with Crippen LogP contribution in [0.4, 0.5) is 10.1 Å². The third-order valence-corrected chi connectivity index (χ3v) is 6.50. The number of anilines is 1. The van der Waals surface area contributed by atoms with Gasteiger partial charge < -0.3 is 14.6 Å². The molecule has 3 aromatic rings. The van der Waals surface area contributed by atoms with Crippen LogP contribution in [-0.4, -0.2) is 26.4 Å². The molecule has 0 bridgehead atoms. The second-order valence-corrected chi connectivity index (χ2v) is 9.55. The van der Waals surface area contributed by atoms with Crippen LogP contribution in [0.15, 0.2) is 46.0 Å². The molecular formula is C23H26BrFN4O2S. The van der Waals surface area contributed by atoms with Crippen molar-refractivity contribution in [3.8, 4) is 5.75 Å². The number of halogens is 2. The molecule has 170 valence electrons. The first-order valence-corrected chi connectivity index (χ1v) is 12.0. The van der Waals surface area contributed by atoms with E-state index in [4.69, 9.17) is 4.74 Å². The highest BCUT2D eigenvalue weighted by molar-refractivity contribution is 9.10. The van der Waals surface area contributed by atoms with Crippen LogP contribution in [0, 0.1) is 19.7 Å². The van der Waals surface area contributed by atoms with Crippen LogP contribution in [0.2, 0.25) is 0 Å². The van der Waals surface area contributed by atoms with Gasteiger partial charge in [0.05, 0.1) is 11.4 Å². The second-order valence-electron chi connectivity index (χ2n) is 7.75. The Bertz CT molecular complexity index is 1120. The monoisotopic (exact) mass is 520 g/mol. The van der Waals surface area contributed by atoms with Gasteiger partial charge in [0.1, 0.15) is 0 Å². The molecular weight excluding hydrogens is 495 g/mol. The summed E-state index contributed by atoms with van der Waals surface area (Å²) in [7, 11) is 0. The van der Waals surface area contributed by atoms with Crippen molar-refractivity contribution in [3.63, 3.8) is 0 Å². The molecule has 0 saturated heterocycles. The molecule has 0 aliphatic carbocycles. The summed E-state index contributed by atoms with van der Waals surface area (Å²) in [5.74, 6) is 0.328. The zero-order chi connectivity index (χ0) is 23.4. The number of rotatable bonds is 8. The van der Waals surface area contributed by atoms with Crippen molar-refractivity contribution in [2.24, 2.45) is 0 Å². The Kier molecular flexibility index (Phi) is 7.95. The van der Waals surface area contributed by atoms with E-state index < -0.39 is 11.9 Å². The Morgan fingerprint density at radius 2 is 1.88 bits per heavy atom. The summed E-state index contributed by atoms with van der Waals surface area (Å²) in [6.45, 7) is 9.82. The van der Waals surface area contributed by atoms with Crippen molar-refractivity contribution in [1.29, 1.82) is 0 Å². The fourth-order valence-corrected chi connectivity index (χ4v) is 4.56. The van der Waals surface area contributed by atoms with E-state index in [2.05, 4.69) is 31.4 Å². The Morgan fingerprint density at radius 3 is 2.56 bits per heavy atom. The third-order valence-electron chi connectivity index (χ3n) is 4.90. The smallest absolute Gasteiger partial charge is 0.234 e. The molecule has 0 spiro atoms. The predicted octanol–water partition coefficient (Wildman–Crippen LogP) is 6.25. The summed E-state index contributed by atoms with van der Waals surface area (Å²) in [6, 6.07) is 10.2. The Labute approximate surface area is 200 Å². The van der Waals surface area contributed by atoms with Gasteiger partial charge in [-0.15, -0.1) is 10.2 Å². The van der Waals surface area contributed by atoms with Crippen molar-refractivity contribution in [2.75, 3.05) is 11.1 Å². The van der Waals surface area contributed by atoms with E-state index in [0.29, 0.717) is 11.0 Å². The topological polar surface area (TPSA) is 69.0 Å². The van der Waals surface area contributed by atoms with Crippen LogP contribution < -0.4 is 10.1 Å². The van der Waals surface area contributed by atoms with Crippen molar-refractivity contribution in [1.82, 2.24) is 14.8 Å². The lowest BCUT2D eigenvalue weighted by Gasteiger charge is -2.19. The predicted molar refractivity (Wildman–Crippen MR) is 129 cm³/mol. The van der Waals surface area contributed by atoms with Gasteiger partial charge in [0.25, 0.3) is 0 Å². The quantitative estimate of drug-likeness (QED) is 0.355. The number of hydrogen-bond donors (Lipinski definition) is 1. The van der Waals surface area contributed by atoms with Crippen molar-refractivity contribution in [2.45, 2.75) is 51.9 Å². The number of carbonyl (C=O) groups is 1. The highest BCUT2D eigenvalue weighted by Crippen LogP contribution is 2.29. The van der Waals surface area contributed by atoms with Crippen molar-refractivity contribution in [3.05, 3.63) is 63.6 Å². The fraction of sp³-hybridized carbons (Fsp3) is 0.348.